The molecule has 4 rings (SSSR count). The topological polar surface area (TPSA) is 90.3 Å². The van der Waals surface area contributed by atoms with Crippen molar-refractivity contribution in [3.63, 3.8) is 0 Å². The molecule has 0 spiro atoms. The number of nitrogens with zero attached hydrogens (tertiary/aromatic N) is 2. The number of nitriles is 1. The maximum absolute atomic E-state index is 15.9. The van der Waals surface area contributed by atoms with E-state index < -0.39 is 41.0 Å². The standard InChI is InChI=1S/C33H35Cl2F2N3O2/c1-32(2,3)17-28-33(19-38,24-14-13-22(34)16-26(24)36)29(23-7-4-8-25(35)30(23)37)27(18-41)40(28)15-5-6-20-9-11-21(12-10-20)31(39)42/h4,7-14,16,27-29,41H,5-6,15,17-18H2,1-3H3,(H2,39,42). The molecule has 9 heteroatoms. The maximum atomic E-state index is 15.9. The van der Waals surface area contributed by atoms with Gasteiger partial charge in [-0.3, -0.25) is 9.69 Å². The Bertz CT molecular complexity index is 1490. The first-order valence-corrected chi connectivity index (χ1v) is 14.7. The highest BCUT2D eigenvalue weighted by Gasteiger charge is 2.62. The molecule has 1 aliphatic heterocycles. The predicted octanol–water partition coefficient (Wildman–Crippen LogP) is 7.03. The Labute approximate surface area is 255 Å². The van der Waals surface area contributed by atoms with Crippen LogP contribution >= 0.6 is 23.2 Å². The van der Waals surface area contributed by atoms with Crippen LogP contribution in [0.1, 0.15) is 66.6 Å². The SMILES string of the molecule is CC(C)(C)CC1N(CCCc2ccc(C(N)=O)cc2)C(CO)C(c2cccc(Cl)c2F)C1(C#N)c1ccc(Cl)cc1F. The molecule has 1 aliphatic rings. The number of hydrogen-bond acceptors (Lipinski definition) is 4. The number of aryl methyl sites for hydroxylation is 1. The second-order valence-corrected chi connectivity index (χ2v) is 13.0. The number of aliphatic hydroxyl groups excluding tert-OH is 1. The number of amides is 1. The van der Waals surface area contributed by atoms with Gasteiger partial charge >= 0.3 is 0 Å². The Hall–Kier alpha value is -3.02. The van der Waals surface area contributed by atoms with E-state index in [1.165, 1.54) is 24.3 Å². The summed E-state index contributed by atoms with van der Waals surface area (Å²) in [5.74, 6) is -2.80. The van der Waals surface area contributed by atoms with Crippen molar-refractivity contribution < 1.29 is 18.7 Å². The van der Waals surface area contributed by atoms with Gasteiger partial charge in [0.05, 0.1) is 17.7 Å². The van der Waals surface area contributed by atoms with Crippen molar-refractivity contribution in [1.82, 2.24) is 4.90 Å². The Kier molecular flexibility index (Phi) is 9.64. The lowest BCUT2D eigenvalue weighted by Gasteiger charge is -2.39. The minimum absolute atomic E-state index is 0.107. The summed E-state index contributed by atoms with van der Waals surface area (Å²) in [6.45, 7) is 6.16. The summed E-state index contributed by atoms with van der Waals surface area (Å²) in [6, 6.07) is 17.0. The third-order valence-corrected chi connectivity index (χ3v) is 8.75. The molecular formula is C33H35Cl2F2N3O2. The smallest absolute Gasteiger partial charge is 0.248 e. The van der Waals surface area contributed by atoms with E-state index in [2.05, 4.69) is 6.07 Å². The largest absolute Gasteiger partial charge is 0.395 e. The van der Waals surface area contributed by atoms with Crippen molar-refractivity contribution in [2.75, 3.05) is 13.2 Å². The van der Waals surface area contributed by atoms with Gasteiger partial charge in [-0.2, -0.15) is 5.26 Å². The number of primary amides is 1. The van der Waals surface area contributed by atoms with Crippen LogP contribution in [0.2, 0.25) is 10.0 Å². The minimum Gasteiger partial charge on any atom is -0.395 e. The van der Waals surface area contributed by atoms with E-state index in [0.29, 0.717) is 31.4 Å². The van der Waals surface area contributed by atoms with Crippen molar-refractivity contribution in [2.24, 2.45) is 11.1 Å². The summed E-state index contributed by atoms with van der Waals surface area (Å²) in [5.41, 5.74) is 5.14. The number of nitrogens with two attached hydrogens (primary N) is 1. The number of carbonyl (C=O) groups is 1. The number of carbonyl (C=O) groups excluding carboxylic acids is 1. The van der Waals surface area contributed by atoms with Crippen molar-refractivity contribution in [3.05, 3.63) is 105 Å². The Morgan fingerprint density at radius 1 is 1.12 bits per heavy atom. The Morgan fingerprint density at radius 3 is 2.38 bits per heavy atom. The molecule has 3 aromatic rings. The van der Waals surface area contributed by atoms with Crippen LogP contribution in [0.15, 0.2) is 60.7 Å². The average Bonchev–Trinajstić information content (AvgIpc) is 3.18. The number of aliphatic hydroxyl groups is 1. The van der Waals surface area contributed by atoms with Gasteiger partial charge in [0.25, 0.3) is 0 Å². The van der Waals surface area contributed by atoms with Crippen LogP contribution in [-0.4, -0.2) is 41.1 Å². The number of halogens is 4. The fourth-order valence-corrected chi connectivity index (χ4v) is 6.82. The quantitative estimate of drug-likeness (QED) is 0.271. The normalized spacial score (nSPS) is 22.7. The molecule has 3 aromatic carbocycles. The molecule has 42 heavy (non-hydrogen) atoms. The number of benzene rings is 3. The van der Waals surface area contributed by atoms with Gasteiger partial charge in [0.15, 0.2) is 0 Å². The van der Waals surface area contributed by atoms with Gasteiger partial charge in [-0.15, -0.1) is 0 Å². The molecule has 4 atom stereocenters. The zero-order valence-electron chi connectivity index (χ0n) is 23.9. The summed E-state index contributed by atoms with van der Waals surface area (Å²) in [5, 5.41) is 22.0. The average molecular weight is 615 g/mol. The van der Waals surface area contributed by atoms with Gasteiger partial charge in [0.1, 0.15) is 17.0 Å². The van der Waals surface area contributed by atoms with Crippen LogP contribution in [0.3, 0.4) is 0 Å². The van der Waals surface area contributed by atoms with E-state index in [0.717, 1.165) is 5.56 Å². The van der Waals surface area contributed by atoms with E-state index in [9.17, 15) is 15.2 Å². The highest BCUT2D eigenvalue weighted by Crippen LogP contribution is 2.56. The van der Waals surface area contributed by atoms with Crippen molar-refractivity contribution in [2.45, 2.75) is 63.5 Å². The molecule has 0 saturated carbocycles. The number of likely N-dealkylation sites (tertiary alicyclic amines) is 1. The van der Waals surface area contributed by atoms with Crippen LogP contribution in [0, 0.1) is 28.4 Å². The Morgan fingerprint density at radius 2 is 1.81 bits per heavy atom. The first kappa shape index (κ1) is 31.9. The van der Waals surface area contributed by atoms with Crippen molar-refractivity contribution in [3.8, 4) is 6.07 Å². The Balaban J connectivity index is 1.86. The lowest BCUT2D eigenvalue weighted by Crippen LogP contribution is -2.47. The van der Waals surface area contributed by atoms with Crippen molar-refractivity contribution in [1.29, 1.82) is 5.26 Å². The van der Waals surface area contributed by atoms with Gasteiger partial charge in [0.2, 0.25) is 5.91 Å². The minimum atomic E-state index is -1.58. The van der Waals surface area contributed by atoms with Gasteiger partial charge < -0.3 is 10.8 Å². The molecule has 1 fully saturated rings. The molecule has 222 valence electrons. The molecule has 1 amide bonds. The lowest BCUT2D eigenvalue weighted by molar-refractivity contribution is 0.0981. The van der Waals surface area contributed by atoms with Crippen LogP contribution < -0.4 is 5.73 Å². The number of rotatable bonds is 9. The molecule has 1 saturated heterocycles. The van der Waals surface area contributed by atoms with Gasteiger partial charge in [-0.05, 0) is 72.7 Å². The van der Waals surface area contributed by atoms with E-state index >= 15 is 8.78 Å². The summed E-state index contributed by atoms with van der Waals surface area (Å²) < 4.78 is 31.6. The van der Waals surface area contributed by atoms with E-state index in [-0.39, 0.29) is 33.2 Å². The molecule has 5 nitrogen and oxygen atoms in total. The molecule has 3 N–H and O–H groups in total. The van der Waals surface area contributed by atoms with Gasteiger partial charge in [-0.25, -0.2) is 8.78 Å². The first-order chi connectivity index (χ1) is 19.8. The predicted molar refractivity (Wildman–Crippen MR) is 162 cm³/mol. The summed E-state index contributed by atoms with van der Waals surface area (Å²) >= 11 is 12.3. The van der Waals surface area contributed by atoms with Crippen LogP contribution in [0.25, 0.3) is 0 Å². The monoisotopic (exact) mass is 613 g/mol. The fourth-order valence-electron chi connectivity index (χ4n) is 6.48. The molecular weight excluding hydrogens is 579 g/mol. The van der Waals surface area contributed by atoms with E-state index in [1.807, 2.05) is 37.8 Å². The highest BCUT2D eigenvalue weighted by molar-refractivity contribution is 6.31. The summed E-state index contributed by atoms with van der Waals surface area (Å²) in [6.07, 6.45) is 1.73. The fraction of sp³-hybridized carbons (Fsp3) is 0.394. The van der Waals surface area contributed by atoms with Crippen LogP contribution in [0.4, 0.5) is 8.78 Å². The zero-order chi connectivity index (χ0) is 30.8. The van der Waals surface area contributed by atoms with E-state index in [4.69, 9.17) is 28.9 Å². The second kappa shape index (κ2) is 12.7. The van der Waals surface area contributed by atoms with Crippen LogP contribution in [0.5, 0.6) is 0 Å². The lowest BCUT2D eigenvalue weighted by atomic mass is 9.62. The summed E-state index contributed by atoms with van der Waals surface area (Å²) in [4.78, 5) is 13.5. The number of hydrogen-bond donors (Lipinski definition) is 2. The summed E-state index contributed by atoms with van der Waals surface area (Å²) in [7, 11) is 0. The maximum Gasteiger partial charge on any atom is 0.248 e. The van der Waals surface area contributed by atoms with Crippen LogP contribution in [-0.2, 0) is 11.8 Å². The molecule has 4 unspecified atom stereocenters. The third-order valence-electron chi connectivity index (χ3n) is 8.22. The highest BCUT2D eigenvalue weighted by atomic mass is 35.5. The first-order valence-electron chi connectivity index (χ1n) is 13.9. The second-order valence-electron chi connectivity index (χ2n) is 12.2. The zero-order valence-corrected chi connectivity index (χ0v) is 25.4. The van der Waals surface area contributed by atoms with Crippen molar-refractivity contribution >= 4 is 29.1 Å². The molecule has 0 bridgehead atoms. The third kappa shape index (κ3) is 6.18. The van der Waals surface area contributed by atoms with Gasteiger partial charge in [-0.1, -0.05) is 74.3 Å². The molecule has 0 aliphatic carbocycles. The molecule has 0 radical (unpaired) electrons. The molecule has 0 aromatic heterocycles. The molecule has 1 heterocycles. The van der Waals surface area contributed by atoms with Gasteiger partial charge in [0, 0.05) is 34.2 Å². The van der Waals surface area contributed by atoms with E-state index in [1.54, 1.807) is 24.3 Å².